The molecule has 0 aliphatic carbocycles. The number of carbonyl (C=O) groups is 3. The molecular weight excluding hydrogens is 250 g/mol. The number of amides is 3. The van der Waals surface area contributed by atoms with Gasteiger partial charge < -0.3 is 10.1 Å². The van der Waals surface area contributed by atoms with Crippen LogP contribution < -0.4 is 10.6 Å². The number of hydrogen-bond donors (Lipinski definition) is 2. The highest BCUT2D eigenvalue weighted by Crippen LogP contribution is 2.04. The summed E-state index contributed by atoms with van der Waals surface area (Å²) < 4.78 is 28.0. The lowest BCUT2D eigenvalue weighted by Crippen LogP contribution is -2.52. The van der Waals surface area contributed by atoms with E-state index in [1.807, 2.05) is 0 Å². The van der Waals surface area contributed by atoms with Crippen LogP contribution in [0.3, 0.4) is 0 Å². The molecule has 0 bridgehead atoms. The van der Waals surface area contributed by atoms with E-state index in [1.54, 1.807) is 0 Å². The summed E-state index contributed by atoms with van der Waals surface area (Å²) in [6, 6.07) is -0.745. The molecule has 1 atom stereocenters. The summed E-state index contributed by atoms with van der Waals surface area (Å²) in [5, 5.41) is 4.50. The van der Waals surface area contributed by atoms with Gasteiger partial charge in [0.1, 0.15) is 12.6 Å². The topological polar surface area (TPSA) is 84.5 Å². The molecule has 8 heteroatoms. The maximum atomic E-state index is 11.7. The Balaban J connectivity index is 2.19. The molecule has 102 valence electrons. The van der Waals surface area contributed by atoms with E-state index in [9.17, 15) is 23.2 Å². The smallest absolute Gasteiger partial charge is 0.261 e. The van der Waals surface area contributed by atoms with E-state index in [-0.39, 0.29) is 31.8 Å². The zero-order valence-electron chi connectivity index (χ0n) is 9.58. The molecule has 18 heavy (non-hydrogen) atoms. The average Bonchev–Trinajstić information content (AvgIpc) is 2.28. The van der Waals surface area contributed by atoms with Crippen molar-refractivity contribution in [2.75, 3.05) is 13.2 Å². The molecule has 1 rings (SSSR count). The molecule has 2 N–H and O–H groups in total. The van der Waals surface area contributed by atoms with Gasteiger partial charge in [-0.2, -0.15) is 0 Å². The van der Waals surface area contributed by atoms with Crippen molar-refractivity contribution in [2.24, 2.45) is 0 Å². The molecule has 6 nitrogen and oxygen atoms in total. The summed E-state index contributed by atoms with van der Waals surface area (Å²) in [7, 11) is 0. The van der Waals surface area contributed by atoms with Crippen molar-refractivity contribution in [3.8, 4) is 0 Å². The van der Waals surface area contributed by atoms with Crippen molar-refractivity contribution < 1.29 is 27.9 Å². The third-order valence-corrected chi connectivity index (χ3v) is 2.29. The van der Waals surface area contributed by atoms with E-state index in [2.05, 4.69) is 15.4 Å². The number of halogens is 2. The Kier molecular flexibility index (Phi) is 5.63. The molecule has 0 radical (unpaired) electrons. The predicted molar refractivity (Wildman–Crippen MR) is 55.8 cm³/mol. The number of hydrogen-bond acceptors (Lipinski definition) is 4. The fourth-order valence-corrected chi connectivity index (χ4v) is 1.44. The summed E-state index contributed by atoms with van der Waals surface area (Å²) in [5.74, 6) is -1.39. The normalized spacial score (nSPS) is 19.8. The molecule has 1 aliphatic heterocycles. The fourth-order valence-electron chi connectivity index (χ4n) is 1.44. The molecule has 0 aromatic heterocycles. The van der Waals surface area contributed by atoms with Crippen molar-refractivity contribution in [3.05, 3.63) is 0 Å². The number of piperidine rings is 1. The molecule has 0 aromatic rings. The van der Waals surface area contributed by atoms with Gasteiger partial charge in [0, 0.05) is 12.8 Å². The van der Waals surface area contributed by atoms with Crippen LogP contribution in [0.5, 0.6) is 0 Å². The Morgan fingerprint density at radius 2 is 2.22 bits per heavy atom. The Hall–Kier alpha value is -1.57. The first-order valence-corrected chi connectivity index (χ1v) is 5.48. The number of rotatable bonds is 6. The number of carbonyl (C=O) groups excluding carboxylic acids is 3. The lowest BCUT2D eigenvalue weighted by Gasteiger charge is -2.21. The van der Waals surface area contributed by atoms with Gasteiger partial charge in [-0.1, -0.05) is 0 Å². The van der Waals surface area contributed by atoms with Crippen molar-refractivity contribution >= 4 is 17.7 Å². The first-order valence-electron chi connectivity index (χ1n) is 5.48. The standard InChI is InChI=1S/C10H14F2N2O4/c11-7(12)5-18-4-3-9(16)13-6-1-2-8(15)14-10(6)17/h6-7H,1-5H2,(H,13,16)(H,14,15,17). The largest absolute Gasteiger partial charge is 0.375 e. The van der Waals surface area contributed by atoms with Crippen LogP contribution in [-0.2, 0) is 19.1 Å². The highest BCUT2D eigenvalue weighted by atomic mass is 19.3. The number of imide groups is 1. The van der Waals surface area contributed by atoms with Gasteiger partial charge in [0.2, 0.25) is 17.7 Å². The van der Waals surface area contributed by atoms with Crippen molar-refractivity contribution in [1.82, 2.24) is 10.6 Å². The molecule has 1 heterocycles. The highest BCUT2D eigenvalue weighted by molar-refractivity contribution is 6.01. The van der Waals surface area contributed by atoms with Crippen LogP contribution in [0.4, 0.5) is 8.78 Å². The second-order valence-electron chi connectivity index (χ2n) is 3.79. The van der Waals surface area contributed by atoms with E-state index in [0.717, 1.165) is 0 Å². The van der Waals surface area contributed by atoms with Gasteiger partial charge >= 0.3 is 0 Å². The predicted octanol–water partition coefficient (Wildman–Crippen LogP) is -0.420. The molecule has 0 saturated carbocycles. The van der Waals surface area contributed by atoms with Gasteiger partial charge in [-0.3, -0.25) is 19.7 Å². The maximum absolute atomic E-state index is 11.7. The zero-order chi connectivity index (χ0) is 13.5. The van der Waals surface area contributed by atoms with E-state index in [4.69, 9.17) is 0 Å². The van der Waals surface area contributed by atoms with Crippen LogP contribution in [0.1, 0.15) is 19.3 Å². The molecule has 1 aliphatic rings. The van der Waals surface area contributed by atoms with Gasteiger partial charge in [0.25, 0.3) is 6.43 Å². The molecule has 1 unspecified atom stereocenters. The Morgan fingerprint density at radius 3 is 2.83 bits per heavy atom. The van der Waals surface area contributed by atoms with Gasteiger partial charge in [-0.25, -0.2) is 8.78 Å². The third kappa shape index (κ3) is 5.17. The number of alkyl halides is 2. The molecule has 3 amide bonds. The Morgan fingerprint density at radius 1 is 1.50 bits per heavy atom. The summed E-state index contributed by atoms with van der Waals surface area (Å²) in [6.07, 6.45) is -2.26. The minimum absolute atomic E-state index is 0.107. The molecule has 1 fully saturated rings. The van der Waals surface area contributed by atoms with Crippen LogP contribution in [-0.4, -0.2) is 43.4 Å². The van der Waals surface area contributed by atoms with Crippen LogP contribution in [0.2, 0.25) is 0 Å². The van der Waals surface area contributed by atoms with Gasteiger partial charge in [-0.05, 0) is 6.42 Å². The highest BCUT2D eigenvalue weighted by Gasteiger charge is 2.27. The first kappa shape index (κ1) is 14.5. The van der Waals surface area contributed by atoms with Crippen LogP contribution in [0.15, 0.2) is 0 Å². The van der Waals surface area contributed by atoms with Crippen LogP contribution in [0, 0.1) is 0 Å². The maximum Gasteiger partial charge on any atom is 0.261 e. The van der Waals surface area contributed by atoms with Crippen molar-refractivity contribution in [2.45, 2.75) is 31.7 Å². The van der Waals surface area contributed by atoms with Gasteiger partial charge in [0.15, 0.2) is 0 Å². The van der Waals surface area contributed by atoms with Crippen molar-refractivity contribution in [1.29, 1.82) is 0 Å². The lowest BCUT2D eigenvalue weighted by atomic mass is 10.1. The Labute approximate surface area is 102 Å². The second-order valence-corrected chi connectivity index (χ2v) is 3.79. The fraction of sp³-hybridized carbons (Fsp3) is 0.700. The van der Waals surface area contributed by atoms with E-state index < -0.39 is 30.9 Å². The first-order chi connectivity index (χ1) is 8.49. The second kappa shape index (κ2) is 7.00. The van der Waals surface area contributed by atoms with Crippen molar-refractivity contribution in [3.63, 3.8) is 0 Å². The molecule has 0 aromatic carbocycles. The third-order valence-electron chi connectivity index (χ3n) is 2.29. The summed E-state index contributed by atoms with van der Waals surface area (Å²) in [4.78, 5) is 33.5. The monoisotopic (exact) mass is 264 g/mol. The minimum atomic E-state index is -2.57. The summed E-state index contributed by atoms with van der Waals surface area (Å²) in [6.45, 7) is -0.852. The number of nitrogens with one attached hydrogen (secondary N) is 2. The van der Waals surface area contributed by atoms with Crippen LogP contribution in [0.25, 0.3) is 0 Å². The van der Waals surface area contributed by atoms with E-state index in [1.165, 1.54) is 0 Å². The zero-order valence-corrected chi connectivity index (χ0v) is 9.58. The summed E-state index contributed by atoms with van der Waals surface area (Å²) in [5.41, 5.74) is 0. The van der Waals surface area contributed by atoms with Crippen LogP contribution >= 0.6 is 0 Å². The lowest BCUT2D eigenvalue weighted by molar-refractivity contribution is -0.137. The SMILES string of the molecule is O=C1CCC(NC(=O)CCOCC(F)F)C(=O)N1. The summed E-state index contributed by atoms with van der Waals surface area (Å²) >= 11 is 0. The van der Waals surface area contributed by atoms with Gasteiger partial charge in [-0.15, -0.1) is 0 Å². The van der Waals surface area contributed by atoms with E-state index in [0.29, 0.717) is 0 Å². The molecule has 0 spiro atoms. The quantitative estimate of drug-likeness (QED) is 0.504. The molecular formula is C10H14F2N2O4. The number of ether oxygens (including phenoxy) is 1. The van der Waals surface area contributed by atoms with Gasteiger partial charge in [0.05, 0.1) is 6.61 Å². The van der Waals surface area contributed by atoms with E-state index >= 15 is 0 Å². The Bertz CT molecular complexity index is 336. The average molecular weight is 264 g/mol. The molecule has 1 saturated heterocycles. The minimum Gasteiger partial charge on any atom is -0.375 e.